The first kappa shape index (κ1) is 16.6. The van der Waals surface area contributed by atoms with Gasteiger partial charge in [-0.05, 0) is 59.7 Å². The molecule has 0 N–H and O–H groups in total. The minimum atomic E-state index is 0.817. The Kier molecular flexibility index (Phi) is 3.61. The molecule has 6 rings (SSSR count). The molecule has 1 nitrogen and oxygen atoms in total. The standard InChI is InChI=1S/C24H12BrClOS/c25-15-6-8-22-18(12-15)17-10-13(4-7-21(17)27-22)14-5-9-23-19(11-14)16-2-1-3-20(26)24(16)28-23/h1-12H. The molecule has 0 saturated carbocycles. The van der Waals surface area contributed by atoms with E-state index in [1.54, 1.807) is 11.3 Å². The van der Waals surface area contributed by atoms with Gasteiger partial charge in [-0.1, -0.05) is 51.8 Å². The minimum Gasteiger partial charge on any atom is -0.456 e. The summed E-state index contributed by atoms with van der Waals surface area (Å²) in [5, 5.41) is 5.54. The van der Waals surface area contributed by atoms with E-state index in [1.165, 1.54) is 26.6 Å². The molecule has 0 radical (unpaired) electrons. The lowest BCUT2D eigenvalue weighted by Crippen LogP contribution is -1.78. The van der Waals surface area contributed by atoms with Crippen molar-refractivity contribution in [3.63, 3.8) is 0 Å². The van der Waals surface area contributed by atoms with E-state index in [2.05, 4.69) is 64.5 Å². The Bertz CT molecular complexity index is 1530. The number of rotatable bonds is 1. The van der Waals surface area contributed by atoms with Crippen molar-refractivity contribution in [3.05, 3.63) is 82.3 Å². The molecule has 0 atom stereocenters. The van der Waals surface area contributed by atoms with Crippen LogP contribution in [0.25, 0.3) is 53.2 Å². The summed E-state index contributed by atoms with van der Waals surface area (Å²) in [6.07, 6.45) is 0. The normalized spacial score (nSPS) is 11.9. The topological polar surface area (TPSA) is 13.1 Å². The zero-order valence-electron chi connectivity index (χ0n) is 14.5. The molecule has 6 aromatic rings. The maximum absolute atomic E-state index is 6.40. The second kappa shape index (κ2) is 6.08. The SMILES string of the molecule is Clc1cccc2c1sc1ccc(-c3ccc4oc5ccc(Br)cc5c4c3)cc12. The van der Waals surface area contributed by atoms with E-state index < -0.39 is 0 Å². The molecular weight excluding hydrogens is 452 g/mol. The molecule has 0 bridgehead atoms. The Balaban J connectivity index is 1.60. The van der Waals surface area contributed by atoms with Crippen LogP contribution in [0.5, 0.6) is 0 Å². The van der Waals surface area contributed by atoms with Gasteiger partial charge in [0, 0.05) is 30.7 Å². The summed E-state index contributed by atoms with van der Waals surface area (Å²) in [7, 11) is 0. The van der Waals surface area contributed by atoms with Gasteiger partial charge in [-0.25, -0.2) is 0 Å². The van der Waals surface area contributed by atoms with Gasteiger partial charge in [0.2, 0.25) is 0 Å². The first-order valence-corrected chi connectivity index (χ1v) is 10.9. The highest BCUT2D eigenvalue weighted by Crippen LogP contribution is 2.40. The molecule has 0 aliphatic rings. The molecule has 0 saturated heterocycles. The Morgan fingerprint density at radius 2 is 1.43 bits per heavy atom. The molecule has 134 valence electrons. The highest BCUT2D eigenvalue weighted by atomic mass is 79.9. The van der Waals surface area contributed by atoms with Gasteiger partial charge in [-0.3, -0.25) is 0 Å². The molecule has 4 heteroatoms. The van der Waals surface area contributed by atoms with Gasteiger partial charge in [-0.2, -0.15) is 0 Å². The van der Waals surface area contributed by atoms with Crippen LogP contribution in [0.3, 0.4) is 0 Å². The summed E-state index contributed by atoms with van der Waals surface area (Å²) in [6, 6.07) is 25.3. The third kappa shape index (κ3) is 2.44. The third-order valence-electron chi connectivity index (χ3n) is 5.21. The highest BCUT2D eigenvalue weighted by molar-refractivity contribution is 9.10. The molecule has 2 heterocycles. The fraction of sp³-hybridized carbons (Fsp3) is 0. The van der Waals surface area contributed by atoms with Crippen LogP contribution in [0, 0.1) is 0 Å². The molecule has 0 spiro atoms. The predicted octanol–water partition coefficient (Wildman–Crippen LogP) is 9.04. The summed E-state index contributed by atoms with van der Waals surface area (Å²) >= 11 is 11.7. The first-order valence-electron chi connectivity index (χ1n) is 8.90. The van der Waals surface area contributed by atoms with E-state index in [1.807, 2.05) is 24.3 Å². The quantitative estimate of drug-likeness (QED) is 0.237. The van der Waals surface area contributed by atoms with Crippen LogP contribution in [0.1, 0.15) is 0 Å². The highest BCUT2D eigenvalue weighted by Gasteiger charge is 2.12. The van der Waals surface area contributed by atoms with Crippen molar-refractivity contribution in [1.82, 2.24) is 0 Å². The van der Waals surface area contributed by atoms with E-state index in [0.29, 0.717) is 0 Å². The molecule has 0 fully saturated rings. The number of fused-ring (bicyclic) bond motifs is 6. The maximum atomic E-state index is 6.40. The summed E-state index contributed by atoms with van der Waals surface area (Å²) in [4.78, 5) is 0. The van der Waals surface area contributed by atoms with Crippen LogP contribution in [0.2, 0.25) is 5.02 Å². The Hall–Kier alpha value is -2.33. The van der Waals surface area contributed by atoms with Gasteiger partial charge in [0.25, 0.3) is 0 Å². The molecule has 4 aromatic carbocycles. The van der Waals surface area contributed by atoms with E-state index >= 15 is 0 Å². The number of halogens is 2. The summed E-state index contributed by atoms with van der Waals surface area (Å²) in [5.41, 5.74) is 4.19. The number of hydrogen-bond donors (Lipinski definition) is 0. The lowest BCUT2D eigenvalue weighted by atomic mass is 10.0. The van der Waals surface area contributed by atoms with Crippen molar-refractivity contribution >= 4 is 81.0 Å². The molecule has 0 amide bonds. The van der Waals surface area contributed by atoms with Crippen molar-refractivity contribution in [3.8, 4) is 11.1 Å². The largest absolute Gasteiger partial charge is 0.456 e. The van der Waals surface area contributed by atoms with E-state index in [-0.39, 0.29) is 0 Å². The second-order valence-corrected chi connectivity index (χ2v) is 9.26. The van der Waals surface area contributed by atoms with E-state index in [0.717, 1.165) is 36.1 Å². The van der Waals surface area contributed by atoms with Gasteiger partial charge in [0.1, 0.15) is 11.2 Å². The summed E-state index contributed by atoms with van der Waals surface area (Å²) in [5.74, 6) is 0. The zero-order chi connectivity index (χ0) is 18.8. The smallest absolute Gasteiger partial charge is 0.135 e. The lowest BCUT2D eigenvalue weighted by molar-refractivity contribution is 0.669. The first-order chi connectivity index (χ1) is 13.7. The maximum Gasteiger partial charge on any atom is 0.135 e. The Labute approximate surface area is 178 Å². The van der Waals surface area contributed by atoms with Crippen molar-refractivity contribution in [2.24, 2.45) is 0 Å². The monoisotopic (exact) mass is 462 g/mol. The van der Waals surface area contributed by atoms with Crippen LogP contribution in [-0.4, -0.2) is 0 Å². The Morgan fingerprint density at radius 1 is 0.714 bits per heavy atom. The second-order valence-electron chi connectivity index (χ2n) is 6.88. The number of benzene rings is 4. The Morgan fingerprint density at radius 3 is 2.29 bits per heavy atom. The van der Waals surface area contributed by atoms with Crippen LogP contribution in [0.4, 0.5) is 0 Å². The van der Waals surface area contributed by atoms with Crippen molar-refractivity contribution < 1.29 is 4.42 Å². The lowest BCUT2D eigenvalue weighted by Gasteiger charge is -2.03. The fourth-order valence-electron chi connectivity index (χ4n) is 3.87. The van der Waals surface area contributed by atoms with Crippen molar-refractivity contribution in [1.29, 1.82) is 0 Å². The van der Waals surface area contributed by atoms with Crippen LogP contribution in [-0.2, 0) is 0 Å². The molecule has 0 unspecified atom stereocenters. The van der Waals surface area contributed by atoms with E-state index in [9.17, 15) is 0 Å². The van der Waals surface area contributed by atoms with Crippen molar-refractivity contribution in [2.45, 2.75) is 0 Å². The molecule has 0 aliphatic carbocycles. The summed E-state index contributed by atoms with van der Waals surface area (Å²) < 4.78 is 9.45. The fourth-order valence-corrected chi connectivity index (χ4v) is 5.61. The van der Waals surface area contributed by atoms with Gasteiger partial charge in [0.15, 0.2) is 0 Å². The zero-order valence-corrected chi connectivity index (χ0v) is 17.7. The third-order valence-corrected chi connectivity index (χ3v) is 7.35. The van der Waals surface area contributed by atoms with Crippen molar-refractivity contribution in [2.75, 3.05) is 0 Å². The van der Waals surface area contributed by atoms with Gasteiger partial charge in [0.05, 0.1) is 9.72 Å². The average Bonchev–Trinajstić information content (AvgIpc) is 3.26. The predicted molar refractivity (Wildman–Crippen MR) is 125 cm³/mol. The van der Waals surface area contributed by atoms with Gasteiger partial charge < -0.3 is 4.42 Å². The number of thiophene rings is 1. The van der Waals surface area contributed by atoms with Crippen LogP contribution >= 0.6 is 38.9 Å². The molecule has 28 heavy (non-hydrogen) atoms. The van der Waals surface area contributed by atoms with E-state index in [4.69, 9.17) is 16.0 Å². The van der Waals surface area contributed by atoms with Gasteiger partial charge >= 0.3 is 0 Å². The average molecular weight is 464 g/mol. The molecular formula is C24H12BrClOS. The number of hydrogen-bond acceptors (Lipinski definition) is 2. The number of furan rings is 1. The molecule has 2 aromatic heterocycles. The van der Waals surface area contributed by atoms with Crippen LogP contribution < -0.4 is 0 Å². The molecule has 0 aliphatic heterocycles. The summed E-state index contributed by atoms with van der Waals surface area (Å²) in [6.45, 7) is 0. The van der Waals surface area contributed by atoms with Crippen LogP contribution in [0.15, 0.2) is 81.7 Å². The van der Waals surface area contributed by atoms with Gasteiger partial charge in [-0.15, -0.1) is 11.3 Å². The minimum absolute atomic E-state index is 0.817.